The summed E-state index contributed by atoms with van der Waals surface area (Å²) >= 11 is 3.39. The van der Waals surface area contributed by atoms with Crippen LogP contribution in [0.3, 0.4) is 0 Å². The van der Waals surface area contributed by atoms with Gasteiger partial charge in [0.1, 0.15) is 0 Å². The van der Waals surface area contributed by atoms with Crippen LogP contribution in [-0.2, 0) is 4.74 Å². The average Bonchev–Trinajstić information content (AvgIpc) is 2.28. The normalized spacial score (nSPS) is 15.9. The summed E-state index contributed by atoms with van der Waals surface area (Å²) < 4.78 is 6.35. The molecule has 2 rings (SSSR count). The summed E-state index contributed by atoms with van der Waals surface area (Å²) in [4.78, 5) is 4.09. The van der Waals surface area contributed by atoms with Crippen molar-refractivity contribution in [2.24, 2.45) is 0 Å². The fourth-order valence-electron chi connectivity index (χ4n) is 1.46. The Labute approximate surface area is 97.7 Å². The lowest BCUT2D eigenvalue weighted by Crippen LogP contribution is -2.14. The van der Waals surface area contributed by atoms with E-state index in [0.717, 1.165) is 36.3 Å². The van der Waals surface area contributed by atoms with Gasteiger partial charge in [0, 0.05) is 17.2 Å². The molecule has 0 spiro atoms. The van der Waals surface area contributed by atoms with Gasteiger partial charge in [0.2, 0.25) is 0 Å². The monoisotopic (exact) mass is 268 g/mol. The van der Waals surface area contributed by atoms with Crippen molar-refractivity contribution in [2.75, 3.05) is 25.1 Å². The molecule has 0 amide bonds. The van der Waals surface area contributed by atoms with Gasteiger partial charge in [-0.1, -0.05) is 6.08 Å². The van der Waals surface area contributed by atoms with Crippen LogP contribution in [0.5, 0.6) is 0 Å². The first kappa shape index (κ1) is 10.6. The molecular formula is C11H13BrN2O. The van der Waals surface area contributed by atoms with Crippen molar-refractivity contribution < 1.29 is 4.74 Å². The Morgan fingerprint density at radius 1 is 1.47 bits per heavy atom. The topological polar surface area (TPSA) is 34.2 Å². The van der Waals surface area contributed by atoms with Gasteiger partial charge >= 0.3 is 0 Å². The van der Waals surface area contributed by atoms with Crippen LogP contribution in [0.2, 0.25) is 0 Å². The van der Waals surface area contributed by atoms with Crippen molar-refractivity contribution in [3.63, 3.8) is 0 Å². The second-order valence-corrected chi connectivity index (χ2v) is 4.36. The molecule has 2 heterocycles. The van der Waals surface area contributed by atoms with Crippen LogP contribution in [0.15, 0.2) is 34.6 Å². The molecule has 0 saturated heterocycles. The molecule has 0 saturated carbocycles. The van der Waals surface area contributed by atoms with E-state index >= 15 is 0 Å². The van der Waals surface area contributed by atoms with Crippen molar-refractivity contribution in [1.29, 1.82) is 0 Å². The third kappa shape index (κ3) is 3.32. The molecule has 1 aliphatic heterocycles. The zero-order valence-corrected chi connectivity index (χ0v) is 9.96. The lowest BCUT2D eigenvalue weighted by atomic mass is 10.2. The van der Waals surface area contributed by atoms with E-state index in [1.165, 1.54) is 5.57 Å². The zero-order chi connectivity index (χ0) is 10.5. The molecule has 1 aromatic heterocycles. The van der Waals surface area contributed by atoms with Gasteiger partial charge < -0.3 is 10.1 Å². The van der Waals surface area contributed by atoms with Crippen LogP contribution in [0.25, 0.3) is 0 Å². The number of anilines is 1. The molecule has 80 valence electrons. The van der Waals surface area contributed by atoms with Gasteiger partial charge in [-0.05, 0) is 34.0 Å². The summed E-state index contributed by atoms with van der Waals surface area (Å²) in [5.74, 6) is 0. The summed E-state index contributed by atoms with van der Waals surface area (Å²) in [5.41, 5.74) is 2.33. The number of nitrogens with zero attached hydrogens (tertiary/aromatic N) is 1. The van der Waals surface area contributed by atoms with E-state index in [9.17, 15) is 0 Å². The first-order valence-corrected chi connectivity index (χ1v) is 5.74. The zero-order valence-electron chi connectivity index (χ0n) is 8.37. The van der Waals surface area contributed by atoms with Crippen molar-refractivity contribution in [3.8, 4) is 0 Å². The minimum atomic E-state index is 0.744. The molecule has 3 nitrogen and oxygen atoms in total. The molecule has 4 heteroatoms. The highest BCUT2D eigenvalue weighted by atomic mass is 79.9. The fourth-order valence-corrected chi connectivity index (χ4v) is 1.82. The van der Waals surface area contributed by atoms with Crippen LogP contribution >= 0.6 is 15.9 Å². The molecule has 1 aliphatic rings. The third-order valence-corrected chi connectivity index (χ3v) is 2.64. The van der Waals surface area contributed by atoms with Gasteiger partial charge in [-0.3, -0.25) is 4.98 Å². The Kier molecular flexibility index (Phi) is 3.75. The number of nitrogens with one attached hydrogen (secondary N) is 1. The largest absolute Gasteiger partial charge is 0.380 e. The van der Waals surface area contributed by atoms with E-state index in [4.69, 9.17) is 4.74 Å². The highest BCUT2D eigenvalue weighted by Crippen LogP contribution is 2.14. The number of aromatic nitrogens is 1. The summed E-state index contributed by atoms with van der Waals surface area (Å²) in [6.07, 6.45) is 6.85. The number of ether oxygens (including phenoxy) is 1. The van der Waals surface area contributed by atoms with Crippen LogP contribution in [-0.4, -0.2) is 24.7 Å². The average molecular weight is 269 g/mol. The van der Waals surface area contributed by atoms with Crippen molar-refractivity contribution in [1.82, 2.24) is 4.98 Å². The Morgan fingerprint density at radius 2 is 2.40 bits per heavy atom. The van der Waals surface area contributed by atoms with Gasteiger partial charge in [-0.15, -0.1) is 0 Å². The summed E-state index contributed by atoms with van der Waals surface area (Å²) in [6.45, 7) is 2.43. The number of hydrogen-bond acceptors (Lipinski definition) is 3. The Bertz CT molecular complexity index is 365. The molecular weight excluding hydrogens is 256 g/mol. The van der Waals surface area contributed by atoms with Gasteiger partial charge in [-0.25, -0.2) is 0 Å². The molecule has 0 unspecified atom stereocenters. The lowest BCUT2D eigenvalue weighted by molar-refractivity contribution is 0.150. The maximum absolute atomic E-state index is 5.36. The number of hydrogen-bond donors (Lipinski definition) is 1. The third-order valence-electron chi connectivity index (χ3n) is 2.21. The van der Waals surface area contributed by atoms with Gasteiger partial charge in [0.25, 0.3) is 0 Å². The Morgan fingerprint density at radius 3 is 3.13 bits per heavy atom. The van der Waals surface area contributed by atoms with Crippen LogP contribution in [0, 0.1) is 0 Å². The maximum Gasteiger partial charge on any atom is 0.0693 e. The van der Waals surface area contributed by atoms with E-state index < -0.39 is 0 Å². The summed E-state index contributed by atoms with van der Waals surface area (Å²) in [7, 11) is 0. The number of pyridine rings is 1. The molecule has 0 fully saturated rings. The van der Waals surface area contributed by atoms with Crippen molar-refractivity contribution >= 4 is 21.6 Å². The summed E-state index contributed by atoms with van der Waals surface area (Å²) in [5, 5.41) is 3.31. The predicted octanol–water partition coefficient (Wildman–Crippen LogP) is 2.60. The van der Waals surface area contributed by atoms with E-state index in [1.807, 2.05) is 12.3 Å². The molecule has 0 aliphatic carbocycles. The first-order valence-electron chi connectivity index (χ1n) is 4.95. The Balaban J connectivity index is 1.90. The predicted molar refractivity (Wildman–Crippen MR) is 63.9 cm³/mol. The van der Waals surface area contributed by atoms with E-state index in [2.05, 4.69) is 32.3 Å². The maximum atomic E-state index is 5.36. The van der Waals surface area contributed by atoms with Gasteiger partial charge in [-0.2, -0.15) is 0 Å². The second-order valence-electron chi connectivity index (χ2n) is 3.45. The van der Waals surface area contributed by atoms with Crippen LogP contribution in [0.1, 0.15) is 6.42 Å². The van der Waals surface area contributed by atoms with E-state index in [-0.39, 0.29) is 0 Å². The summed E-state index contributed by atoms with van der Waals surface area (Å²) in [6, 6.07) is 2.01. The quantitative estimate of drug-likeness (QED) is 0.856. The Hall–Kier alpha value is -0.870. The SMILES string of the molecule is Brc1cncc(NCC2=CCCOC2)c1. The highest BCUT2D eigenvalue weighted by Gasteiger charge is 2.03. The van der Waals surface area contributed by atoms with Gasteiger partial charge in [0.15, 0.2) is 0 Å². The molecule has 15 heavy (non-hydrogen) atoms. The van der Waals surface area contributed by atoms with E-state index in [1.54, 1.807) is 6.20 Å². The molecule has 1 aromatic rings. The number of halogens is 1. The second kappa shape index (κ2) is 5.28. The van der Waals surface area contributed by atoms with Crippen LogP contribution < -0.4 is 5.32 Å². The molecule has 0 bridgehead atoms. The molecule has 0 aromatic carbocycles. The smallest absolute Gasteiger partial charge is 0.0693 e. The van der Waals surface area contributed by atoms with Crippen molar-refractivity contribution in [2.45, 2.75) is 6.42 Å². The van der Waals surface area contributed by atoms with E-state index in [0.29, 0.717) is 0 Å². The molecule has 0 radical (unpaired) electrons. The molecule has 0 atom stereocenters. The standard InChI is InChI=1S/C11H13BrN2O/c12-10-4-11(7-13-6-10)14-5-9-2-1-3-15-8-9/h2,4,6-7,14H,1,3,5,8H2. The minimum Gasteiger partial charge on any atom is -0.380 e. The fraction of sp³-hybridized carbons (Fsp3) is 0.364. The number of rotatable bonds is 3. The molecule has 1 N–H and O–H groups in total. The van der Waals surface area contributed by atoms with Crippen LogP contribution in [0.4, 0.5) is 5.69 Å². The van der Waals surface area contributed by atoms with Crippen molar-refractivity contribution in [3.05, 3.63) is 34.6 Å². The lowest BCUT2D eigenvalue weighted by Gasteiger charge is -2.14. The minimum absolute atomic E-state index is 0.744. The highest BCUT2D eigenvalue weighted by molar-refractivity contribution is 9.10. The van der Waals surface area contributed by atoms with Gasteiger partial charge in [0.05, 0.1) is 25.1 Å². The first-order chi connectivity index (χ1) is 7.34.